The molecule has 0 atom stereocenters. The topological polar surface area (TPSA) is 95.6 Å². The van der Waals surface area contributed by atoms with Gasteiger partial charge in [0.15, 0.2) is 0 Å². The first-order valence-corrected chi connectivity index (χ1v) is 12.3. The van der Waals surface area contributed by atoms with Crippen molar-refractivity contribution in [3.05, 3.63) is 95.1 Å². The average molecular weight is 466 g/mol. The summed E-state index contributed by atoms with van der Waals surface area (Å²) in [5.74, 6) is -0.895. The van der Waals surface area contributed by atoms with Crippen molar-refractivity contribution in [1.82, 2.24) is 5.32 Å². The monoisotopic (exact) mass is 465 g/mol. The highest BCUT2D eigenvalue weighted by Crippen LogP contribution is 2.25. The largest absolute Gasteiger partial charge is 0.348 e. The van der Waals surface area contributed by atoms with Crippen LogP contribution in [-0.4, -0.2) is 33.0 Å². The summed E-state index contributed by atoms with van der Waals surface area (Å²) in [5, 5.41) is 5.53. The van der Waals surface area contributed by atoms with Crippen LogP contribution in [0.25, 0.3) is 0 Å². The van der Waals surface area contributed by atoms with Crippen LogP contribution in [-0.2, 0) is 21.4 Å². The van der Waals surface area contributed by atoms with Crippen LogP contribution in [0.3, 0.4) is 0 Å². The molecule has 0 aliphatic carbocycles. The molecule has 0 bridgehead atoms. The molecule has 0 aliphatic heterocycles. The Morgan fingerprint density at radius 2 is 1.55 bits per heavy atom. The minimum Gasteiger partial charge on any atom is -0.348 e. The Kier molecular flexibility index (Phi) is 7.50. The fourth-order valence-electron chi connectivity index (χ4n) is 3.37. The molecular weight excluding hydrogens is 438 g/mol. The highest BCUT2D eigenvalue weighted by Gasteiger charge is 2.23. The van der Waals surface area contributed by atoms with Crippen LogP contribution in [0.5, 0.6) is 0 Å². The van der Waals surface area contributed by atoms with Crippen LogP contribution >= 0.6 is 0 Å². The van der Waals surface area contributed by atoms with E-state index < -0.39 is 22.5 Å². The first-order valence-electron chi connectivity index (χ1n) is 10.4. The molecule has 0 radical (unpaired) electrons. The van der Waals surface area contributed by atoms with Crippen molar-refractivity contribution in [2.24, 2.45) is 0 Å². The zero-order valence-electron chi connectivity index (χ0n) is 18.8. The van der Waals surface area contributed by atoms with E-state index in [9.17, 15) is 18.0 Å². The number of para-hydroxylation sites is 1. The zero-order valence-corrected chi connectivity index (χ0v) is 19.6. The minimum atomic E-state index is -3.72. The number of nitrogens with one attached hydrogen (secondary N) is 2. The van der Waals surface area contributed by atoms with Crippen molar-refractivity contribution in [1.29, 1.82) is 0 Å². The van der Waals surface area contributed by atoms with E-state index in [-0.39, 0.29) is 5.91 Å². The molecule has 8 heteroatoms. The van der Waals surface area contributed by atoms with Crippen LogP contribution in [0.4, 0.5) is 11.4 Å². The Balaban J connectivity index is 1.77. The number of hydrogen-bond acceptors (Lipinski definition) is 4. The van der Waals surface area contributed by atoms with E-state index in [1.165, 1.54) is 0 Å². The molecule has 7 nitrogen and oxygen atoms in total. The van der Waals surface area contributed by atoms with Gasteiger partial charge >= 0.3 is 0 Å². The maximum Gasteiger partial charge on any atom is 0.253 e. The van der Waals surface area contributed by atoms with E-state index in [1.54, 1.807) is 36.4 Å². The number of sulfonamides is 1. The van der Waals surface area contributed by atoms with Gasteiger partial charge in [0.1, 0.15) is 6.54 Å². The normalized spacial score (nSPS) is 11.0. The molecule has 172 valence electrons. The lowest BCUT2D eigenvalue weighted by Gasteiger charge is -2.24. The van der Waals surface area contributed by atoms with Crippen molar-refractivity contribution in [2.75, 3.05) is 22.4 Å². The summed E-state index contributed by atoms with van der Waals surface area (Å²) in [7, 11) is -3.72. The highest BCUT2D eigenvalue weighted by atomic mass is 32.2. The average Bonchev–Trinajstić information content (AvgIpc) is 2.78. The van der Waals surface area contributed by atoms with Crippen LogP contribution in [0.2, 0.25) is 0 Å². The molecule has 0 aliphatic rings. The maximum atomic E-state index is 12.8. The van der Waals surface area contributed by atoms with Gasteiger partial charge in [0, 0.05) is 6.54 Å². The molecule has 0 saturated carbocycles. The molecule has 0 fully saturated rings. The number of anilines is 2. The Morgan fingerprint density at radius 1 is 0.879 bits per heavy atom. The smallest absolute Gasteiger partial charge is 0.253 e. The number of benzene rings is 3. The van der Waals surface area contributed by atoms with E-state index in [4.69, 9.17) is 0 Å². The predicted molar refractivity (Wildman–Crippen MR) is 131 cm³/mol. The number of carbonyl (C=O) groups excluding carboxylic acids is 2. The number of amides is 2. The summed E-state index contributed by atoms with van der Waals surface area (Å²) >= 11 is 0. The van der Waals surface area contributed by atoms with Gasteiger partial charge < -0.3 is 10.6 Å². The van der Waals surface area contributed by atoms with Gasteiger partial charge in [-0.1, -0.05) is 54.6 Å². The first-order chi connectivity index (χ1) is 15.7. The molecule has 0 saturated heterocycles. The van der Waals surface area contributed by atoms with Crippen LogP contribution in [0.1, 0.15) is 27.0 Å². The quantitative estimate of drug-likeness (QED) is 0.531. The van der Waals surface area contributed by atoms with E-state index in [2.05, 4.69) is 10.6 Å². The lowest BCUT2D eigenvalue weighted by molar-refractivity contribution is -0.114. The fourth-order valence-corrected chi connectivity index (χ4v) is 4.28. The van der Waals surface area contributed by atoms with E-state index in [1.807, 2.05) is 50.2 Å². The van der Waals surface area contributed by atoms with E-state index in [0.717, 1.165) is 27.3 Å². The second-order valence-corrected chi connectivity index (χ2v) is 9.66. The maximum absolute atomic E-state index is 12.8. The number of rotatable bonds is 8. The summed E-state index contributed by atoms with van der Waals surface area (Å²) in [6.45, 7) is 3.62. The number of nitrogens with zero attached hydrogens (tertiary/aromatic N) is 1. The summed E-state index contributed by atoms with van der Waals surface area (Å²) in [5.41, 5.74) is 3.69. The molecule has 0 unspecified atom stereocenters. The zero-order chi connectivity index (χ0) is 24.0. The van der Waals surface area contributed by atoms with Gasteiger partial charge in [-0.25, -0.2) is 8.42 Å². The second-order valence-electron chi connectivity index (χ2n) is 7.75. The third-order valence-electron chi connectivity index (χ3n) is 5.27. The summed E-state index contributed by atoms with van der Waals surface area (Å²) in [6.07, 6.45) is 1.06. The molecule has 3 aromatic rings. The third-order valence-corrected chi connectivity index (χ3v) is 6.40. The Morgan fingerprint density at radius 3 is 2.24 bits per heavy atom. The minimum absolute atomic E-state index is 0.291. The van der Waals surface area contributed by atoms with Gasteiger partial charge in [0.25, 0.3) is 5.91 Å². The lowest BCUT2D eigenvalue weighted by atomic mass is 10.1. The van der Waals surface area contributed by atoms with Crippen LogP contribution < -0.4 is 14.9 Å². The first kappa shape index (κ1) is 24.0. The lowest BCUT2D eigenvalue weighted by Crippen LogP contribution is -2.38. The van der Waals surface area contributed by atoms with Gasteiger partial charge in [-0.2, -0.15) is 0 Å². The molecule has 3 rings (SSSR count). The summed E-state index contributed by atoms with van der Waals surface area (Å²) < 4.78 is 26.0. The summed E-state index contributed by atoms with van der Waals surface area (Å²) in [6, 6.07) is 21.4. The van der Waals surface area contributed by atoms with Crippen molar-refractivity contribution in [3.63, 3.8) is 0 Å². The Bertz CT molecular complexity index is 1260. The summed E-state index contributed by atoms with van der Waals surface area (Å²) in [4.78, 5) is 25.6. The molecule has 3 aromatic carbocycles. The van der Waals surface area contributed by atoms with E-state index >= 15 is 0 Å². The highest BCUT2D eigenvalue weighted by molar-refractivity contribution is 7.92. The van der Waals surface area contributed by atoms with Crippen molar-refractivity contribution in [3.8, 4) is 0 Å². The molecule has 0 heterocycles. The fraction of sp³-hybridized carbons (Fsp3) is 0.200. The Hall–Kier alpha value is -3.65. The predicted octanol–water partition coefficient (Wildman–Crippen LogP) is 3.64. The molecular formula is C25H27N3O4S. The number of carbonyl (C=O) groups is 2. The molecule has 0 spiro atoms. The van der Waals surface area contributed by atoms with Gasteiger partial charge in [-0.15, -0.1) is 0 Å². The number of hydrogen-bond donors (Lipinski definition) is 2. The molecule has 0 aromatic heterocycles. The van der Waals surface area contributed by atoms with Crippen molar-refractivity contribution >= 4 is 33.2 Å². The SMILES string of the molecule is Cc1cccc(N(CC(=O)Nc2ccccc2C(=O)NCc2ccccc2)S(C)(=O)=O)c1C. The van der Waals surface area contributed by atoms with Crippen LogP contribution in [0.15, 0.2) is 72.8 Å². The molecule has 2 N–H and O–H groups in total. The van der Waals surface area contributed by atoms with Gasteiger partial charge in [-0.3, -0.25) is 13.9 Å². The van der Waals surface area contributed by atoms with Gasteiger partial charge in [0.05, 0.1) is 23.2 Å². The third kappa shape index (κ3) is 6.20. The molecule has 2 amide bonds. The van der Waals surface area contributed by atoms with Crippen LogP contribution in [0, 0.1) is 13.8 Å². The van der Waals surface area contributed by atoms with E-state index in [0.29, 0.717) is 23.5 Å². The Labute approximate surface area is 194 Å². The second kappa shape index (κ2) is 10.3. The van der Waals surface area contributed by atoms with Crippen molar-refractivity contribution in [2.45, 2.75) is 20.4 Å². The van der Waals surface area contributed by atoms with Gasteiger partial charge in [-0.05, 0) is 48.7 Å². The van der Waals surface area contributed by atoms with Crippen molar-refractivity contribution < 1.29 is 18.0 Å². The number of aryl methyl sites for hydroxylation is 1. The van der Waals surface area contributed by atoms with Gasteiger partial charge in [0.2, 0.25) is 15.9 Å². The molecule has 33 heavy (non-hydrogen) atoms. The standard InChI is InChI=1S/C25H27N3O4S/c1-18-10-9-15-23(19(18)2)28(33(3,31)32)17-24(29)27-22-14-8-7-13-21(22)25(30)26-16-20-11-5-4-6-12-20/h4-15H,16-17H2,1-3H3,(H,26,30)(H,27,29).